The largest absolute Gasteiger partial charge is 0.338 e. The van der Waals surface area contributed by atoms with E-state index in [0.717, 1.165) is 13.0 Å². The van der Waals surface area contributed by atoms with Crippen LogP contribution in [0.15, 0.2) is 84.9 Å². The zero-order valence-electron chi connectivity index (χ0n) is 15.3. The zero-order chi connectivity index (χ0) is 18.2. The van der Waals surface area contributed by atoms with Gasteiger partial charge in [-0.05, 0) is 34.6 Å². The van der Waals surface area contributed by atoms with Crippen LogP contribution in [0.1, 0.15) is 28.2 Å². The summed E-state index contributed by atoms with van der Waals surface area (Å²) in [5.41, 5.74) is 5.27. The van der Waals surface area contributed by atoms with Crippen molar-refractivity contribution < 1.29 is 4.79 Å². The summed E-state index contributed by atoms with van der Waals surface area (Å²) < 4.78 is 0. The normalized spacial score (nSPS) is 23.8. The average molecular weight is 353 g/mol. The highest BCUT2D eigenvalue weighted by Gasteiger charge is 2.47. The lowest BCUT2D eigenvalue weighted by molar-refractivity contribution is -0.131. The minimum absolute atomic E-state index is 0.0915. The van der Waals surface area contributed by atoms with Crippen LogP contribution in [0, 0.1) is 11.8 Å². The van der Waals surface area contributed by atoms with Gasteiger partial charge in [0, 0.05) is 24.9 Å². The predicted molar refractivity (Wildman–Crippen MR) is 107 cm³/mol. The van der Waals surface area contributed by atoms with Gasteiger partial charge >= 0.3 is 0 Å². The Bertz CT molecular complexity index is 950. The quantitative estimate of drug-likeness (QED) is 0.671. The van der Waals surface area contributed by atoms with Crippen molar-refractivity contribution in [2.24, 2.45) is 11.8 Å². The summed E-state index contributed by atoms with van der Waals surface area (Å²) >= 11 is 0. The lowest BCUT2D eigenvalue weighted by atomic mass is 9.68. The van der Waals surface area contributed by atoms with Crippen molar-refractivity contribution in [1.29, 1.82) is 0 Å². The summed E-state index contributed by atoms with van der Waals surface area (Å²) in [5, 5.41) is 0. The molecule has 3 aromatic rings. The van der Waals surface area contributed by atoms with E-state index >= 15 is 0 Å². The highest BCUT2D eigenvalue weighted by Crippen LogP contribution is 2.47. The highest BCUT2D eigenvalue weighted by molar-refractivity contribution is 5.83. The standard InChI is InChI=1S/C25H23NO/c27-25-22-15-20-13-7-8-14-21(20)24(19-11-5-2-6-12-19)23(22)17-26(25)16-18-9-3-1-4-10-18/h1-14,22-24H,15-17H2/t22-,23-,24-/m1/s1. The molecule has 0 aromatic heterocycles. The fourth-order valence-electron chi connectivity index (χ4n) is 4.99. The first kappa shape index (κ1) is 16.3. The van der Waals surface area contributed by atoms with Crippen LogP contribution < -0.4 is 0 Å². The molecule has 3 aromatic carbocycles. The molecule has 1 amide bonds. The van der Waals surface area contributed by atoms with Crippen molar-refractivity contribution in [3.63, 3.8) is 0 Å². The minimum Gasteiger partial charge on any atom is -0.338 e. The first-order valence-corrected chi connectivity index (χ1v) is 9.77. The molecule has 1 aliphatic carbocycles. The van der Waals surface area contributed by atoms with Crippen LogP contribution >= 0.6 is 0 Å². The zero-order valence-corrected chi connectivity index (χ0v) is 15.3. The summed E-state index contributed by atoms with van der Waals surface area (Å²) in [6.07, 6.45) is 0.869. The van der Waals surface area contributed by atoms with Gasteiger partial charge in [-0.25, -0.2) is 0 Å². The van der Waals surface area contributed by atoms with Gasteiger partial charge in [-0.1, -0.05) is 84.9 Å². The van der Waals surface area contributed by atoms with E-state index in [1.54, 1.807) is 0 Å². The van der Waals surface area contributed by atoms with E-state index in [9.17, 15) is 4.79 Å². The van der Waals surface area contributed by atoms with Crippen molar-refractivity contribution in [3.05, 3.63) is 107 Å². The van der Waals surface area contributed by atoms with Crippen molar-refractivity contribution in [3.8, 4) is 0 Å². The molecule has 1 heterocycles. The third-order valence-corrected chi connectivity index (χ3v) is 6.21. The Morgan fingerprint density at radius 2 is 1.48 bits per heavy atom. The number of hydrogen-bond acceptors (Lipinski definition) is 1. The van der Waals surface area contributed by atoms with Gasteiger partial charge in [0.25, 0.3) is 0 Å². The highest BCUT2D eigenvalue weighted by atomic mass is 16.2. The van der Waals surface area contributed by atoms with E-state index in [4.69, 9.17) is 0 Å². The fraction of sp³-hybridized carbons (Fsp3) is 0.240. The maximum Gasteiger partial charge on any atom is 0.226 e. The van der Waals surface area contributed by atoms with Gasteiger partial charge in [0.05, 0.1) is 0 Å². The van der Waals surface area contributed by atoms with Crippen molar-refractivity contribution in [2.45, 2.75) is 18.9 Å². The van der Waals surface area contributed by atoms with Crippen molar-refractivity contribution >= 4 is 5.91 Å². The number of amides is 1. The molecule has 27 heavy (non-hydrogen) atoms. The first-order valence-electron chi connectivity index (χ1n) is 9.77. The number of benzene rings is 3. The molecule has 2 heteroatoms. The van der Waals surface area contributed by atoms with Crippen LogP contribution in [0.3, 0.4) is 0 Å². The molecule has 5 rings (SSSR count). The molecule has 134 valence electrons. The van der Waals surface area contributed by atoms with Crippen LogP contribution in [-0.4, -0.2) is 17.4 Å². The summed E-state index contributed by atoms with van der Waals surface area (Å²) in [4.78, 5) is 15.3. The Morgan fingerprint density at radius 1 is 0.815 bits per heavy atom. The second-order valence-electron chi connectivity index (χ2n) is 7.77. The predicted octanol–water partition coefficient (Wildman–Crippen LogP) is 4.65. The molecule has 1 aliphatic heterocycles. The number of likely N-dealkylation sites (tertiary alicyclic amines) is 1. The van der Waals surface area contributed by atoms with Crippen LogP contribution in [-0.2, 0) is 17.8 Å². The number of rotatable bonds is 3. The van der Waals surface area contributed by atoms with Gasteiger partial charge in [-0.3, -0.25) is 4.79 Å². The van der Waals surface area contributed by atoms with Gasteiger partial charge in [0.1, 0.15) is 0 Å². The monoisotopic (exact) mass is 353 g/mol. The Balaban J connectivity index is 1.52. The molecule has 0 unspecified atom stereocenters. The molecule has 0 N–H and O–H groups in total. The van der Waals surface area contributed by atoms with Crippen LogP contribution in [0.4, 0.5) is 0 Å². The SMILES string of the molecule is O=C1[C@@H]2Cc3ccccc3[C@@H](c3ccccc3)[C@@H]2CN1Cc1ccccc1. The summed E-state index contributed by atoms with van der Waals surface area (Å²) in [6, 6.07) is 29.8. The molecular weight excluding hydrogens is 330 g/mol. The minimum atomic E-state index is 0.0915. The van der Waals surface area contributed by atoms with E-state index in [0.29, 0.717) is 24.3 Å². The smallest absolute Gasteiger partial charge is 0.226 e. The lowest BCUT2D eigenvalue weighted by Crippen LogP contribution is -2.31. The Morgan fingerprint density at radius 3 is 2.26 bits per heavy atom. The van der Waals surface area contributed by atoms with Gasteiger partial charge in [-0.15, -0.1) is 0 Å². The number of carbonyl (C=O) groups is 1. The molecular formula is C25H23NO. The van der Waals surface area contributed by atoms with Crippen molar-refractivity contribution in [2.75, 3.05) is 6.54 Å². The number of fused-ring (bicyclic) bond motifs is 2. The van der Waals surface area contributed by atoms with Crippen molar-refractivity contribution in [1.82, 2.24) is 4.90 Å². The maximum absolute atomic E-state index is 13.3. The number of nitrogens with zero attached hydrogens (tertiary/aromatic N) is 1. The molecule has 3 atom stereocenters. The second-order valence-corrected chi connectivity index (χ2v) is 7.77. The van der Waals surface area contributed by atoms with E-state index in [1.165, 1.54) is 22.3 Å². The van der Waals surface area contributed by atoms with Gasteiger partial charge < -0.3 is 4.90 Å². The number of carbonyl (C=O) groups excluding carboxylic acids is 1. The fourth-order valence-corrected chi connectivity index (χ4v) is 4.99. The summed E-state index contributed by atoms with van der Waals surface area (Å²) in [5.74, 6) is 1.05. The van der Waals surface area contributed by atoms with Gasteiger partial charge in [-0.2, -0.15) is 0 Å². The van der Waals surface area contributed by atoms with E-state index in [1.807, 2.05) is 18.2 Å². The summed E-state index contributed by atoms with van der Waals surface area (Å²) in [7, 11) is 0. The molecule has 0 saturated carbocycles. The Kier molecular flexibility index (Phi) is 4.05. The Hall–Kier alpha value is -2.87. The Labute approximate surface area is 160 Å². The van der Waals surface area contributed by atoms with Crippen LogP contribution in [0.25, 0.3) is 0 Å². The molecule has 0 radical (unpaired) electrons. The molecule has 2 aliphatic rings. The molecule has 1 fully saturated rings. The number of hydrogen-bond donors (Lipinski definition) is 0. The lowest BCUT2D eigenvalue weighted by Gasteiger charge is -2.34. The average Bonchev–Trinajstić information content (AvgIpc) is 3.03. The van der Waals surface area contributed by atoms with E-state index in [-0.39, 0.29) is 5.92 Å². The maximum atomic E-state index is 13.3. The van der Waals surface area contributed by atoms with Gasteiger partial charge in [0.2, 0.25) is 5.91 Å². The third-order valence-electron chi connectivity index (χ3n) is 6.21. The van der Waals surface area contributed by atoms with Crippen LogP contribution in [0.5, 0.6) is 0 Å². The first-order chi connectivity index (χ1) is 13.3. The summed E-state index contributed by atoms with van der Waals surface area (Å²) in [6.45, 7) is 1.55. The molecule has 0 bridgehead atoms. The molecule has 1 saturated heterocycles. The second kappa shape index (κ2) is 6.70. The van der Waals surface area contributed by atoms with E-state index in [2.05, 4.69) is 71.6 Å². The van der Waals surface area contributed by atoms with E-state index < -0.39 is 0 Å². The topological polar surface area (TPSA) is 20.3 Å². The van der Waals surface area contributed by atoms with Crippen LogP contribution in [0.2, 0.25) is 0 Å². The molecule has 2 nitrogen and oxygen atoms in total. The molecule has 0 spiro atoms. The third kappa shape index (κ3) is 2.86. The van der Waals surface area contributed by atoms with Gasteiger partial charge in [0.15, 0.2) is 0 Å².